The molecular formula is C21H24O2. The molecule has 0 aliphatic heterocycles. The Bertz CT molecular complexity index is 602. The van der Waals surface area contributed by atoms with Crippen LogP contribution in [0.3, 0.4) is 0 Å². The zero-order valence-electron chi connectivity index (χ0n) is 13.3. The maximum Gasteiger partial charge on any atom is 0.0758 e. The van der Waals surface area contributed by atoms with E-state index in [9.17, 15) is 10.2 Å². The van der Waals surface area contributed by atoms with Crippen molar-refractivity contribution in [3.8, 4) is 0 Å². The van der Waals surface area contributed by atoms with Gasteiger partial charge in [-0.05, 0) is 30.4 Å². The summed E-state index contributed by atoms with van der Waals surface area (Å²) in [5, 5.41) is 19.9. The van der Waals surface area contributed by atoms with Crippen LogP contribution in [0.1, 0.15) is 24.0 Å². The lowest BCUT2D eigenvalue weighted by molar-refractivity contribution is 0.209. The lowest BCUT2D eigenvalue weighted by Gasteiger charge is -2.06. The molecule has 0 radical (unpaired) electrons. The van der Waals surface area contributed by atoms with Gasteiger partial charge in [-0.15, -0.1) is 0 Å². The van der Waals surface area contributed by atoms with Crippen LogP contribution in [0.5, 0.6) is 0 Å². The highest BCUT2D eigenvalue weighted by atomic mass is 16.3. The van der Waals surface area contributed by atoms with Crippen LogP contribution in [0.15, 0.2) is 78.9 Å². The van der Waals surface area contributed by atoms with Gasteiger partial charge in [-0.25, -0.2) is 0 Å². The summed E-state index contributed by atoms with van der Waals surface area (Å²) in [5.41, 5.74) is 2.30. The molecule has 0 aliphatic carbocycles. The van der Waals surface area contributed by atoms with Gasteiger partial charge in [-0.2, -0.15) is 0 Å². The average molecular weight is 308 g/mol. The molecule has 0 spiro atoms. The van der Waals surface area contributed by atoms with Gasteiger partial charge in [0.2, 0.25) is 0 Å². The summed E-state index contributed by atoms with van der Waals surface area (Å²) >= 11 is 0. The summed E-state index contributed by atoms with van der Waals surface area (Å²) in [5.74, 6) is 0. The third-order valence-electron chi connectivity index (χ3n) is 3.62. The predicted octanol–water partition coefficient (Wildman–Crippen LogP) is 4.00. The Hall–Kier alpha value is -2.16. The van der Waals surface area contributed by atoms with E-state index in [0.717, 1.165) is 12.0 Å². The lowest BCUT2D eigenvalue weighted by Crippen LogP contribution is -2.05. The zero-order chi connectivity index (χ0) is 16.3. The van der Waals surface area contributed by atoms with E-state index in [1.165, 1.54) is 5.56 Å². The van der Waals surface area contributed by atoms with Crippen molar-refractivity contribution in [3.63, 3.8) is 0 Å². The summed E-state index contributed by atoms with van der Waals surface area (Å²) in [7, 11) is 0. The van der Waals surface area contributed by atoms with Crippen LogP contribution in [0.2, 0.25) is 0 Å². The van der Waals surface area contributed by atoms with Crippen LogP contribution in [0, 0.1) is 0 Å². The van der Waals surface area contributed by atoms with Crippen LogP contribution in [-0.2, 0) is 6.42 Å². The van der Waals surface area contributed by atoms with Crippen molar-refractivity contribution in [2.45, 2.75) is 31.5 Å². The van der Waals surface area contributed by atoms with E-state index < -0.39 is 12.2 Å². The number of aliphatic hydroxyl groups excluding tert-OH is 2. The first-order valence-electron chi connectivity index (χ1n) is 8.04. The molecule has 0 bridgehead atoms. The molecule has 2 aromatic carbocycles. The van der Waals surface area contributed by atoms with Crippen LogP contribution in [-0.4, -0.2) is 22.4 Å². The standard InChI is InChI=1S/C21H24O2/c22-20(16-14-18-8-3-1-4-9-18)12-7-13-21(23)17-15-19-10-5-2-6-11-19/h1-12,15,17,20-23H,13-14,16H2/b12-7+,17-15+/t20-,21+/m1/s1. The predicted molar refractivity (Wildman–Crippen MR) is 96.0 cm³/mol. The third kappa shape index (κ3) is 7.09. The average Bonchev–Trinajstić information content (AvgIpc) is 2.60. The minimum Gasteiger partial charge on any atom is -0.389 e. The fourth-order valence-corrected chi connectivity index (χ4v) is 2.30. The molecule has 120 valence electrons. The van der Waals surface area contributed by atoms with Gasteiger partial charge in [0.15, 0.2) is 0 Å². The van der Waals surface area contributed by atoms with Crippen molar-refractivity contribution in [2.75, 3.05) is 0 Å². The van der Waals surface area contributed by atoms with E-state index in [4.69, 9.17) is 0 Å². The van der Waals surface area contributed by atoms with Gasteiger partial charge in [0.1, 0.15) is 0 Å². The highest BCUT2D eigenvalue weighted by Crippen LogP contribution is 2.07. The monoisotopic (exact) mass is 308 g/mol. The van der Waals surface area contributed by atoms with E-state index in [0.29, 0.717) is 12.8 Å². The summed E-state index contributed by atoms with van der Waals surface area (Å²) < 4.78 is 0. The maximum absolute atomic E-state index is 9.94. The Labute approximate surface area is 138 Å². The molecule has 2 N–H and O–H groups in total. The van der Waals surface area contributed by atoms with Crippen molar-refractivity contribution in [1.82, 2.24) is 0 Å². The smallest absolute Gasteiger partial charge is 0.0758 e. The molecule has 2 rings (SSSR count). The molecule has 23 heavy (non-hydrogen) atoms. The molecular weight excluding hydrogens is 284 g/mol. The minimum absolute atomic E-state index is 0.472. The fraction of sp³-hybridized carbons (Fsp3) is 0.238. The molecule has 0 saturated heterocycles. The summed E-state index contributed by atoms with van der Waals surface area (Å²) in [4.78, 5) is 0. The SMILES string of the molecule is O[C@H](/C=C/c1ccccc1)C/C=C/[C@@H](O)CCc1ccccc1. The Morgan fingerprint density at radius 1 is 0.783 bits per heavy atom. The van der Waals surface area contributed by atoms with E-state index in [2.05, 4.69) is 12.1 Å². The van der Waals surface area contributed by atoms with E-state index in [1.54, 1.807) is 12.2 Å². The molecule has 0 aromatic heterocycles. The molecule has 2 atom stereocenters. The molecule has 0 fully saturated rings. The first-order chi connectivity index (χ1) is 11.2. The van der Waals surface area contributed by atoms with Gasteiger partial charge in [0.25, 0.3) is 0 Å². The molecule has 0 saturated carbocycles. The normalized spacial score (nSPS) is 14.3. The fourth-order valence-electron chi connectivity index (χ4n) is 2.30. The van der Waals surface area contributed by atoms with Gasteiger partial charge < -0.3 is 10.2 Å². The zero-order valence-corrected chi connectivity index (χ0v) is 13.3. The van der Waals surface area contributed by atoms with Crippen LogP contribution in [0.4, 0.5) is 0 Å². The molecule has 0 heterocycles. The van der Waals surface area contributed by atoms with E-state index in [1.807, 2.05) is 60.7 Å². The minimum atomic E-state index is -0.534. The Balaban J connectivity index is 1.69. The molecule has 0 aliphatic rings. The molecule has 2 aromatic rings. The number of benzene rings is 2. The van der Waals surface area contributed by atoms with Crippen molar-refractivity contribution >= 4 is 6.08 Å². The van der Waals surface area contributed by atoms with Gasteiger partial charge >= 0.3 is 0 Å². The number of hydrogen-bond acceptors (Lipinski definition) is 2. The lowest BCUT2D eigenvalue weighted by atomic mass is 10.1. The second kappa shape index (κ2) is 9.78. The second-order valence-electron chi connectivity index (χ2n) is 5.59. The number of rotatable bonds is 8. The molecule has 0 unspecified atom stereocenters. The highest BCUT2D eigenvalue weighted by molar-refractivity contribution is 5.49. The van der Waals surface area contributed by atoms with Crippen molar-refractivity contribution < 1.29 is 10.2 Å². The van der Waals surface area contributed by atoms with Crippen molar-refractivity contribution in [3.05, 3.63) is 90.0 Å². The quantitative estimate of drug-likeness (QED) is 0.724. The summed E-state index contributed by atoms with van der Waals surface area (Å²) in [6.45, 7) is 0. The van der Waals surface area contributed by atoms with Gasteiger partial charge in [0, 0.05) is 0 Å². The third-order valence-corrected chi connectivity index (χ3v) is 3.62. The number of hydrogen-bond donors (Lipinski definition) is 2. The highest BCUT2D eigenvalue weighted by Gasteiger charge is 2.01. The first-order valence-corrected chi connectivity index (χ1v) is 8.04. The van der Waals surface area contributed by atoms with Crippen LogP contribution >= 0.6 is 0 Å². The second-order valence-corrected chi connectivity index (χ2v) is 5.59. The summed E-state index contributed by atoms with van der Waals surface area (Å²) in [6.07, 6.45) is 8.33. The van der Waals surface area contributed by atoms with Gasteiger partial charge in [0.05, 0.1) is 12.2 Å². The van der Waals surface area contributed by atoms with Crippen molar-refractivity contribution in [2.24, 2.45) is 0 Å². The molecule has 2 nitrogen and oxygen atoms in total. The Morgan fingerprint density at radius 2 is 1.43 bits per heavy atom. The van der Waals surface area contributed by atoms with Gasteiger partial charge in [-0.3, -0.25) is 0 Å². The van der Waals surface area contributed by atoms with Gasteiger partial charge in [-0.1, -0.05) is 85.0 Å². The Morgan fingerprint density at radius 3 is 2.13 bits per heavy atom. The largest absolute Gasteiger partial charge is 0.389 e. The Kier molecular flexibility index (Phi) is 7.31. The maximum atomic E-state index is 9.94. The summed E-state index contributed by atoms with van der Waals surface area (Å²) in [6, 6.07) is 20.0. The van der Waals surface area contributed by atoms with Crippen LogP contribution in [0.25, 0.3) is 6.08 Å². The topological polar surface area (TPSA) is 40.5 Å². The van der Waals surface area contributed by atoms with Crippen molar-refractivity contribution in [1.29, 1.82) is 0 Å². The van der Waals surface area contributed by atoms with E-state index >= 15 is 0 Å². The molecule has 0 amide bonds. The molecule has 2 heteroatoms. The van der Waals surface area contributed by atoms with Crippen LogP contribution < -0.4 is 0 Å². The number of aryl methyl sites for hydroxylation is 1. The first kappa shape index (κ1) is 17.2. The van der Waals surface area contributed by atoms with E-state index in [-0.39, 0.29) is 0 Å². The number of aliphatic hydroxyl groups is 2.